The summed E-state index contributed by atoms with van der Waals surface area (Å²) in [5.41, 5.74) is -1.42. The number of nitrogens with one attached hydrogen (secondary N) is 1. The van der Waals surface area contributed by atoms with E-state index >= 15 is 0 Å². The van der Waals surface area contributed by atoms with Gasteiger partial charge in [-0.15, -0.1) is 0 Å². The van der Waals surface area contributed by atoms with E-state index in [2.05, 4.69) is 26.2 Å². The lowest BCUT2D eigenvalue weighted by atomic mass is 10.1. The molecule has 0 radical (unpaired) electrons. The molecule has 0 aliphatic carbocycles. The summed E-state index contributed by atoms with van der Waals surface area (Å²) < 4.78 is 36.9. The molecule has 0 aliphatic rings. The van der Waals surface area contributed by atoms with Gasteiger partial charge in [-0.2, -0.15) is 13.2 Å². The predicted octanol–water partition coefficient (Wildman–Crippen LogP) is 3.00. The van der Waals surface area contributed by atoms with Crippen LogP contribution >= 0.6 is 15.9 Å². The van der Waals surface area contributed by atoms with Gasteiger partial charge in [0, 0.05) is 17.1 Å². The molecular formula is C11H12BrF3N2O. The van der Waals surface area contributed by atoms with Crippen LogP contribution in [-0.2, 0) is 6.18 Å². The van der Waals surface area contributed by atoms with Crippen molar-refractivity contribution in [2.75, 3.05) is 5.33 Å². The molecule has 1 rings (SSSR count). The van der Waals surface area contributed by atoms with Gasteiger partial charge >= 0.3 is 6.18 Å². The van der Waals surface area contributed by atoms with E-state index in [9.17, 15) is 18.0 Å². The number of carbonyl (C=O) groups excluding carboxylic acids is 1. The molecule has 7 heteroatoms. The molecule has 18 heavy (non-hydrogen) atoms. The first-order chi connectivity index (χ1) is 8.15. The van der Waals surface area contributed by atoms with Gasteiger partial charge in [0.1, 0.15) is 5.69 Å². The largest absolute Gasteiger partial charge is 0.417 e. The topological polar surface area (TPSA) is 42.0 Å². The Morgan fingerprint density at radius 3 is 2.39 bits per heavy atom. The molecule has 1 amide bonds. The first kappa shape index (κ1) is 14.9. The van der Waals surface area contributed by atoms with Crippen molar-refractivity contribution in [1.29, 1.82) is 0 Å². The minimum absolute atomic E-state index is 0.0444. The maximum atomic E-state index is 12.3. The maximum Gasteiger partial charge on any atom is 0.417 e. The van der Waals surface area contributed by atoms with E-state index < -0.39 is 23.2 Å². The number of amides is 1. The molecule has 0 atom stereocenters. The molecule has 0 spiro atoms. The zero-order valence-electron chi connectivity index (χ0n) is 9.81. The van der Waals surface area contributed by atoms with Crippen LogP contribution in [0, 0.1) is 0 Å². The molecule has 0 fully saturated rings. The second kappa shape index (κ2) is 5.26. The van der Waals surface area contributed by atoms with Gasteiger partial charge in [0.2, 0.25) is 0 Å². The highest BCUT2D eigenvalue weighted by atomic mass is 79.9. The Balaban J connectivity index is 2.83. The van der Waals surface area contributed by atoms with E-state index in [1.165, 1.54) is 0 Å². The standard InChI is InChI=1S/C11H12BrF3N2O/c1-10(2,6-12)17-9(18)8-4-3-7(5-16-8)11(13,14)15/h3-5H,6H2,1-2H3,(H,17,18). The van der Waals surface area contributed by atoms with Crippen LogP contribution < -0.4 is 5.32 Å². The molecule has 0 bridgehead atoms. The second-order valence-corrected chi connectivity index (χ2v) is 4.96. The van der Waals surface area contributed by atoms with E-state index in [0.717, 1.165) is 12.1 Å². The van der Waals surface area contributed by atoms with Crippen LogP contribution in [0.4, 0.5) is 13.2 Å². The number of pyridine rings is 1. The zero-order chi connectivity index (χ0) is 14.0. The number of nitrogens with zero attached hydrogens (tertiary/aromatic N) is 1. The van der Waals surface area contributed by atoms with Crippen LogP contribution in [0.25, 0.3) is 0 Å². The Hall–Kier alpha value is -1.11. The van der Waals surface area contributed by atoms with Crippen LogP contribution in [-0.4, -0.2) is 21.8 Å². The fraction of sp³-hybridized carbons (Fsp3) is 0.455. The lowest BCUT2D eigenvalue weighted by Crippen LogP contribution is -2.45. The lowest BCUT2D eigenvalue weighted by molar-refractivity contribution is -0.137. The van der Waals surface area contributed by atoms with Crippen LogP contribution in [0.3, 0.4) is 0 Å². The average molecular weight is 325 g/mol. The summed E-state index contributed by atoms with van der Waals surface area (Å²) in [7, 11) is 0. The Kier molecular flexibility index (Phi) is 4.37. The van der Waals surface area contributed by atoms with Crippen molar-refractivity contribution in [2.45, 2.75) is 25.6 Å². The summed E-state index contributed by atoms with van der Waals surface area (Å²) >= 11 is 3.23. The first-order valence-corrected chi connectivity index (χ1v) is 6.19. The third-order valence-electron chi connectivity index (χ3n) is 2.11. The fourth-order valence-corrected chi connectivity index (χ4v) is 1.24. The molecular weight excluding hydrogens is 313 g/mol. The summed E-state index contributed by atoms with van der Waals surface area (Å²) in [5, 5.41) is 3.17. The number of alkyl halides is 4. The number of hydrogen-bond acceptors (Lipinski definition) is 2. The number of rotatable bonds is 3. The number of carbonyl (C=O) groups is 1. The van der Waals surface area contributed by atoms with Crippen molar-refractivity contribution in [3.8, 4) is 0 Å². The van der Waals surface area contributed by atoms with Crippen LogP contribution in [0.1, 0.15) is 29.9 Å². The van der Waals surface area contributed by atoms with Gasteiger partial charge in [-0.3, -0.25) is 9.78 Å². The van der Waals surface area contributed by atoms with Gasteiger partial charge < -0.3 is 5.32 Å². The normalized spacial score (nSPS) is 12.3. The Labute approximate surface area is 111 Å². The summed E-state index contributed by atoms with van der Waals surface area (Å²) in [6.07, 6.45) is -3.80. The van der Waals surface area contributed by atoms with Gasteiger partial charge in [-0.05, 0) is 26.0 Å². The SMILES string of the molecule is CC(C)(CBr)NC(=O)c1ccc(C(F)(F)F)cn1. The van der Waals surface area contributed by atoms with Crippen molar-refractivity contribution >= 4 is 21.8 Å². The zero-order valence-corrected chi connectivity index (χ0v) is 11.4. The highest BCUT2D eigenvalue weighted by Gasteiger charge is 2.31. The summed E-state index contributed by atoms with van der Waals surface area (Å²) in [5.74, 6) is -0.506. The molecule has 100 valence electrons. The molecule has 0 aliphatic heterocycles. The predicted molar refractivity (Wildman–Crippen MR) is 64.6 cm³/mol. The minimum atomic E-state index is -4.45. The van der Waals surface area contributed by atoms with Crippen LogP contribution in [0.5, 0.6) is 0 Å². The smallest absolute Gasteiger partial charge is 0.345 e. The van der Waals surface area contributed by atoms with Gasteiger partial charge in [0.05, 0.1) is 5.56 Å². The molecule has 1 heterocycles. The van der Waals surface area contributed by atoms with Gasteiger partial charge in [0.15, 0.2) is 0 Å². The molecule has 1 aromatic rings. The van der Waals surface area contributed by atoms with E-state index in [1.54, 1.807) is 13.8 Å². The molecule has 0 aromatic carbocycles. The van der Waals surface area contributed by atoms with Gasteiger partial charge in [-0.1, -0.05) is 15.9 Å². The fourth-order valence-electron chi connectivity index (χ4n) is 1.10. The first-order valence-electron chi connectivity index (χ1n) is 5.07. The Morgan fingerprint density at radius 1 is 1.39 bits per heavy atom. The third-order valence-corrected chi connectivity index (χ3v) is 3.51. The monoisotopic (exact) mass is 324 g/mol. The third kappa shape index (κ3) is 3.97. The highest BCUT2D eigenvalue weighted by molar-refractivity contribution is 9.09. The number of hydrogen-bond donors (Lipinski definition) is 1. The summed E-state index contributed by atoms with van der Waals surface area (Å²) in [6.45, 7) is 3.56. The van der Waals surface area contributed by atoms with Gasteiger partial charge in [0.25, 0.3) is 5.91 Å². The number of aromatic nitrogens is 1. The lowest BCUT2D eigenvalue weighted by Gasteiger charge is -2.23. The molecule has 0 saturated carbocycles. The highest BCUT2D eigenvalue weighted by Crippen LogP contribution is 2.28. The van der Waals surface area contributed by atoms with E-state index in [4.69, 9.17) is 0 Å². The van der Waals surface area contributed by atoms with Crippen molar-refractivity contribution in [1.82, 2.24) is 10.3 Å². The van der Waals surface area contributed by atoms with Crippen molar-refractivity contribution in [2.24, 2.45) is 0 Å². The average Bonchev–Trinajstić information content (AvgIpc) is 2.27. The second-order valence-electron chi connectivity index (χ2n) is 4.40. The molecule has 0 unspecified atom stereocenters. The molecule has 3 nitrogen and oxygen atoms in total. The summed E-state index contributed by atoms with van der Waals surface area (Å²) in [4.78, 5) is 15.2. The van der Waals surface area contributed by atoms with Crippen molar-refractivity contribution < 1.29 is 18.0 Å². The summed E-state index contributed by atoms with van der Waals surface area (Å²) in [6, 6.07) is 1.89. The maximum absolute atomic E-state index is 12.3. The van der Waals surface area contributed by atoms with Crippen molar-refractivity contribution in [3.05, 3.63) is 29.6 Å². The quantitative estimate of drug-likeness (QED) is 0.868. The van der Waals surface area contributed by atoms with Gasteiger partial charge in [-0.25, -0.2) is 0 Å². The van der Waals surface area contributed by atoms with Crippen LogP contribution in [0.15, 0.2) is 18.3 Å². The van der Waals surface area contributed by atoms with Crippen LogP contribution in [0.2, 0.25) is 0 Å². The van der Waals surface area contributed by atoms with E-state index in [0.29, 0.717) is 11.5 Å². The Morgan fingerprint density at radius 2 is 2.00 bits per heavy atom. The molecule has 1 N–H and O–H groups in total. The molecule has 0 saturated heterocycles. The van der Waals surface area contributed by atoms with E-state index in [1.807, 2.05) is 0 Å². The van der Waals surface area contributed by atoms with E-state index in [-0.39, 0.29) is 5.69 Å². The number of halogens is 4. The minimum Gasteiger partial charge on any atom is -0.345 e. The Bertz CT molecular complexity index is 429. The molecule has 1 aromatic heterocycles. The van der Waals surface area contributed by atoms with Crippen molar-refractivity contribution in [3.63, 3.8) is 0 Å².